The minimum absolute atomic E-state index is 0.921. The molecule has 0 radical (unpaired) electrons. The van der Waals surface area contributed by atoms with Crippen molar-refractivity contribution in [3.63, 3.8) is 0 Å². The van der Waals surface area contributed by atoms with Crippen LogP contribution in [0.3, 0.4) is 0 Å². The van der Waals surface area contributed by atoms with E-state index in [9.17, 15) is 0 Å². The van der Waals surface area contributed by atoms with Crippen molar-refractivity contribution in [2.45, 2.75) is 0 Å². The maximum Gasteiger partial charge on any atom is 0.137 e. The summed E-state index contributed by atoms with van der Waals surface area (Å²) in [5.41, 5.74) is 14.3. The van der Waals surface area contributed by atoms with E-state index < -0.39 is 0 Å². The molecule has 0 aliphatic rings. The molecule has 0 amide bonds. The summed E-state index contributed by atoms with van der Waals surface area (Å²) in [6, 6.07) is 71.1. The number of hydrogen-bond donors (Lipinski definition) is 0. The summed E-state index contributed by atoms with van der Waals surface area (Å²) in [4.78, 5) is 7.48. The van der Waals surface area contributed by atoms with E-state index in [1.165, 1.54) is 32.9 Å². The molecular weight excluding hydrogens is 645 g/mol. The number of nitrogens with zero attached hydrogens (tertiary/aromatic N) is 4. The van der Waals surface area contributed by atoms with E-state index in [1.54, 1.807) is 0 Å². The summed E-state index contributed by atoms with van der Waals surface area (Å²) in [5.74, 6) is 0. The van der Waals surface area contributed by atoms with Gasteiger partial charge in [0.15, 0.2) is 0 Å². The second kappa shape index (κ2) is 12.9. The van der Waals surface area contributed by atoms with E-state index in [1.807, 2.05) is 6.07 Å². The lowest BCUT2D eigenvalue weighted by Gasteiger charge is -2.26. The molecule has 10 aromatic rings. The van der Waals surface area contributed by atoms with Crippen molar-refractivity contribution in [2.75, 3.05) is 4.90 Å². The number of fused-ring (bicyclic) bond motifs is 4. The smallest absolute Gasteiger partial charge is 0.137 e. The molecule has 0 atom stereocenters. The lowest BCUT2D eigenvalue weighted by atomic mass is 10.0. The number of pyridine rings is 1. The van der Waals surface area contributed by atoms with Gasteiger partial charge >= 0.3 is 0 Å². The van der Waals surface area contributed by atoms with Gasteiger partial charge in [0.2, 0.25) is 0 Å². The van der Waals surface area contributed by atoms with Crippen molar-refractivity contribution < 1.29 is 0 Å². The Kier molecular flexibility index (Phi) is 7.43. The predicted octanol–water partition coefficient (Wildman–Crippen LogP) is 12.9. The van der Waals surface area contributed by atoms with Gasteiger partial charge in [0.25, 0.3) is 0 Å². The minimum atomic E-state index is 0.921. The zero-order valence-electron chi connectivity index (χ0n) is 28.9. The van der Waals surface area contributed by atoms with Crippen LogP contribution in [0.15, 0.2) is 206 Å². The summed E-state index contributed by atoms with van der Waals surface area (Å²) in [6.07, 6.45) is 2.09. The van der Waals surface area contributed by atoms with E-state index in [-0.39, 0.29) is 0 Å². The van der Waals surface area contributed by atoms with Gasteiger partial charge in [-0.3, -0.25) is 4.40 Å². The Bertz CT molecular complexity index is 2870. The molecule has 250 valence electrons. The molecule has 4 nitrogen and oxygen atoms in total. The minimum Gasteiger partial charge on any atom is -0.310 e. The van der Waals surface area contributed by atoms with E-state index in [2.05, 4.69) is 214 Å². The molecule has 7 aromatic carbocycles. The molecule has 0 bridgehead atoms. The summed E-state index contributed by atoms with van der Waals surface area (Å²) in [7, 11) is 0. The third-order valence-corrected chi connectivity index (χ3v) is 10.1. The lowest BCUT2D eigenvalue weighted by Crippen LogP contribution is -2.09. The number of anilines is 3. The fraction of sp³-hybridized carbons (Fsp3) is 0. The fourth-order valence-corrected chi connectivity index (χ4v) is 7.69. The quantitative estimate of drug-likeness (QED) is 0.168. The Morgan fingerprint density at radius 1 is 0.396 bits per heavy atom. The van der Waals surface area contributed by atoms with E-state index >= 15 is 0 Å². The van der Waals surface area contributed by atoms with Crippen LogP contribution < -0.4 is 4.90 Å². The van der Waals surface area contributed by atoms with Gasteiger partial charge in [-0.1, -0.05) is 127 Å². The molecule has 0 aliphatic carbocycles. The maximum absolute atomic E-state index is 5.15. The first kappa shape index (κ1) is 30.6. The van der Waals surface area contributed by atoms with Crippen LogP contribution in [-0.2, 0) is 0 Å². The average Bonchev–Trinajstić information content (AvgIpc) is 3.79. The standard InChI is InChI=1S/C49H34N4/c1-4-15-36(16-5-1)49-48(50-47-25-12-13-32-51(47)49)38-17-14-22-42(33-38)52(39-18-6-2-7-19-39)41-29-26-35(27-30-41)37-28-31-44-43-23-10-11-24-45(43)53(46(44)34-37)40-20-8-3-9-21-40/h1-34H. The van der Waals surface area contributed by atoms with Crippen molar-refractivity contribution >= 4 is 44.5 Å². The molecule has 3 heterocycles. The monoisotopic (exact) mass is 678 g/mol. The first-order valence-electron chi connectivity index (χ1n) is 18.0. The van der Waals surface area contributed by atoms with Gasteiger partial charge < -0.3 is 9.47 Å². The highest BCUT2D eigenvalue weighted by Gasteiger charge is 2.19. The van der Waals surface area contributed by atoms with Gasteiger partial charge in [0.05, 0.1) is 22.4 Å². The summed E-state index contributed by atoms with van der Waals surface area (Å²) in [5, 5.41) is 2.51. The number of rotatable bonds is 7. The zero-order valence-corrected chi connectivity index (χ0v) is 28.9. The molecule has 0 saturated heterocycles. The Morgan fingerprint density at radius 2 is 1.02 bits per heavy atom. The largest absolute Gasteiger partial charge is 0.310 e. The number of benzene rings is 7. The van der Waals surface area contributed by atoms with Gasteiger partial charge in [0, 0.05) is 50.8 Å². The van der Waals surface area contributed by atoms with Crippen LogP contribution in [0.2, 0.25) is 0 Å². The molecule has 0 spiro atoms. The van der Waals surface area contributed by atoms with Gasteiger partial charge in [-0.2, -0.15) is 0 Å². The van der Waals surface area contributed by atoms with Crippen LogP contribution in [0, 0.1) is 0 Å². The fourth-order valence-electron chi connectivity index (χ4n) is 7.69. The first-order chi connectivity index (χ1) is 26.3. The van der Waals surface area contributed by atoms with E-state index in [4.69, 9.17) is 4.98 Å². The van der Waals surface area contributed by atoms with Gasteiger partial charge in [0.1, 0.15) is 5.65 Å². The van der Waals surface area contributed by atoms with Crippen molar-refractivity contribution in [1.29, 1.82) is 0 Å². The van der Waals surface area contributed by atoms with Gasteiger partial charge in [-0.25, -0.2) is 4.98 Å². The molecule has 10 rings (SSSR count). The Labute approximate surface area is 308 Å². The molecule has 4 heteroatoms. The molecule has 0 unspecified atom stereocenters. The number of para-hydroxylation sites is 3. The Hall–Kier alpha value is -7.17. The Morgan fingerprint density at radius 3 is 1.83 bits per heavy atom. The third kappa shape index (κ3) is 5.36. The first-order valence-corrected chi connectivity index (χ1v) is 18.0. The van der Waals surface area contributed by atoms with Crippen molar-refractivity contribution in [3.8, 4) is 39.3 Å². The van der Waals surface area contributed by atoms with Crippen LogP contribution in [0.5, 0.6) is 0 Å². The second-order valence-electron chi connectivity index (χ2n) is 13.3. The van der Waals surface area contributed by atoms with E-state index in [0.717, 1.165) is 50.9 Å². The molecule has 0 saturated carbocycles. The van der Waals surface area contributed by atoms with Crippen LogP contribution in [0.4, 0.5) is 17.1 Å². The normalized spacial score (nSPS) is 11.4. The molecular formula is C49H34N4. The van der Waals surface area contributed by atoms with Crippen molar-refractivity contribution in [2.24, 2.45) is 0 Å². The maximum atomic E-state index is 5.15. The SMILES string of the molecule is c1ccc(-c2c(-c3cccc(N(c4ccccc4)c4ccc(-c5ccc6c7ccccc7n(-c7ccccc7)c6c5)cc4)c3)nc3ccccn23)cc1. The van der Waals surface area contributed by atoms with Crippen LogP contribution in [0.25, 0.3) is 66.8 Å². The average molecular weight is 679 g/mol. The highest BCUT2D eigenvalue weighted by molar-refractivity contribution is 6.10. The Balaban J connectivity index is 1.07. The van der Waals surface area contributed by atoms with Crippen LogP contribution in [-0.4, -0.2) is 14.0 Å². The number of imidazole rings is 1. The number of aromatic nitrogens is 3. The number of hydrogen-bond acceptors (Lipinski definition) is 2. The molecule has 0 aliphatic heterocycles. The second-order valence-corrected chi connectivity index (χ2v) is 13.3. The highest BCUT2D eigenvalue weighted by Crippen LogP contribution is 2.40. The van der Waals surface area contributed by atoms with Crippen molar-refractivity contribution in [1.82, 2.24) is 14.0 Å². The highest BCUT2D eigenvalue weighted by atomic mass is 15.1. The lowest BCUT2D eigenvalue weighted by molar-refractivity contribution is 1.18. The van der Waals surface area contributed by atoms with Gasteiger partial charge in [-0.15, -0.1) is 0 Å². The molecule has 0 N–H and O–H groups in total. The zero-order chi connectivity index (χ0) is 35.1. The van der Waals surface area contributed by atoms with Gasteiger partial charge in [-0.05, 0) is 83.9 Å². The topological polar surface area (TPSA) is 25.5 Å². The molecule has 0 fully saturated rings. The van der Waals surface area contributed by atoms with Crippen LogP contribution in [0.1, 0.15) is 0 Å². The molecule has 53 heavy (non-hydrogen) atoms. The summed E-state index contributed by atoms with van der Waals surface area (Å²) < 4.78 is 4.56. The van der Waals surface area contributed by atoms with Crippen molar-refractivity contribution in [3.05, 3.63) is 206 Å². The third-order valence-electron chi connectivity index (χ3n) is 10.1. The summed E-state index contributed by atoms with van der Waals surface area (Å²) >= 11 is 0. The molecule has 3 aromatic heterocycles. The van der Waals surface area contributed by atoms with Crippen LogP contribution >= 0.6 is 0 Å². The predicted molar refractivity (Wildman–Crippen MR) is 221 cm³/mol. The summed E-state index contributed by atoms with van der Waals surface area (Å²) in [6.45, 7) is 0. The van der Waals surface area contributed by atoms with E-state index in [0.29, 0.717) is 0 Å².